The van der Waals surface area contributed by atoms with Crippen LogP contribution in [0.1, 0.15) is 115 Å². The normalized spacial score (nSPS) is 15.1. The van der Waals surface area contributed by atoms with Gasteiger partial charge in [0, 0.05) is 71.3 Å². The maximum atomic E-state index is 14.2. The number of rotatable bonds is 21. The summed E-state index contributed by atoms with van der Waals surface area (Å²) in [5.41, 5.74) is 1.07. The largest absolute Gasteiger partial charge is 0.471 e. The number of benzene rings is 5. The molecular formula is C54H57F3N5O8P. The van der Waals surface area contributed by atoms with Crippen LogP contribution in [0.5, 0.6) is 11.5 Å². The number of unbranched alkanes of at least 4 members (excludes halogenated alkanes) is 3. The molecule has 2 unspecified atom stereocenters. The number of nitrogens with one attached hydrogen (secondary N) is 1. The van der Waals surface area contributed by atoms with Crippen LogP contribution < -0.4 is 19.9 Å². The third-order valence-corrected chi connectivity index (χ3v) is 14.2. The van der Waals surface area contributed by atoms with Crippen LogP contribution in [-0.4, -0.2) is 66.4 Å². The number of anilines is 2. The third kappa shape index (κ3) is 11.9. The van der Waals surface area contributed by atoms with Gasteiger partial charge in [-0.3, -0.25) is 14.4 Å². The lowest BCUT2D eigenvalue weighted by atomic mass is 9.77. The highest BCUT2D eigenvalue weighted by atomic mass is 31.2. The summed E-state index contributed by atoms with van der Waals surface area (Å²) < 4.78 is 70.0. The summed E-state index contributed by atoms with van der Waals surface area (Å²) in [7, 11) is -1.33. The van der Waals surface area contributed by atoms with Gasteiger partial charge < -0.3 is 33.6 Å². The summed E-state index contributed by atoms with van der Waals surface area (Å²) in [5, 5.41) is 12.0. The molecule has 2 aliphatic heterocycles. The average molecular weight is 992 g/mol. The maximum absolute atomic E-state index is 14.2. The van der Waals surface area contributed by atoms with Gasteiger partial charge in [0.1, 0.15) is 11.5 Å². The van der Waals surface area contributed by atoms with Crippen molar-refractivity contribution in [2.24, 2.45) is 0 Å². The topological polar surface area (TPSA) is 151 Å². The van der Waals surface area contributed by atoms with E-state index in [9.17, 15) is 32.3 Å². The quantitative estimate of drug-likeness (QED) is 0.0427. The van der Waals surface area contributed by atoms with Crippen LogP contribution in [0.4, 0.5) is 24.5 Å². The Morgan fingerprint density at radius 1 is 0.732 bits per heavy atom. The molecule has 0 fully saturated rings. The van der Waals surface area contributed by atoms with Gasteiger partial charge >= 0.3 is 18.1 Å². The zero-order valence-electron chi connectivity index (χ0n) is 40.3. The number of nitrogens with zero attached hydrogens (tertiary/aromatic N) is 4. The van der Waals surface area contributed by atoms with Crippen LogP contribution in [-0.2, 0) is 42.1 Å². The van der Waals surface area contributed by atoms with Crippen molar-refractivity contribution in [3.05, 3.63) is 154 Å². The van der Waals surface area contributed by atoms with Crippen molar-refractivity contribution in [3.63, 3.8) is 0 Å². The molecule has 0 radical (unpaired) electrons. The number of hydrogen-bond donors (Lipinski definition) is 1. The minimum absolute atomic E-state index is 0.0150. The lowest BCUT2D eigenvalue weighted by Crippen LogP contribution is -2.41. The van der Waals surface area contributed by atoms with Crippen molar-refractivity contribution < 1.29 is 50.9 Å². The van der Waals surface area contributed by atoms with Crippen molar-refractivity contribution in [2.45, 2.75) is 104 Å². The van der Waals surface area contributed by atoms with Crippen molar-refractivity contribution in [2.75, 3.05) is 29.6 Å². The van der Waals surface area contributed by atoms with Crippen LogP contribution >= 0.6 is 8.53 Å². The Kier molecular flexibility index (Phi) is 17.0. The monoisotopic (exact) mass is 991 g/mol. The first kappa shape index (κ1) is 52.2. The van der Waals surface area contributed by atoms with Gasteiger partial charge in [-0.25, -0.2) is 9.46 Å². The first-order valence-corrected chi connectivity index (χ1v) is 24.7. The molecule has 0 aliphatic carbocycles. The number of hydrogen-bond acceptors (Lipinski definition) is 10. The molecule has 17 heteroatoms. The van der Waals surface area contributed by atoms with E-state index in [2.05, 4.69) is 43.8 Å². The Morgan fingerprint density at radius 3 is 1.86 bits per heavy atom. The van der Waals surface area contributed by atoms with Crippen LogP contribution in [0.25, 0.3) is 0 Å². The van der Waals surface area contributed by atoms with Crippen LogP contribution in [0, 0.1) is 11.3 Å². The third-order valence-electron chi connectivity index (χ3n) is 12.1. The summed E-state index contributed by atoms with van der Waals surface area (Å²) in [6.45, 7) is 10.7. The van der Waals surface area contributed by atoms with E-state index < -0.39 is 44.6 Å². The van der Waals surface area contributed by atoms with Crippen molar-refractivity contribution >= 4 is 43.6 Å². The molecule has 372 valence electrons. The molecule has 5 aromatic rings. The summed E-state index contributed by atoms with van der Waals surface area (Å²) in [6.07, 6.45) is -1.83. The summed E-state index contributed by atoms with van der Waals surface area (Å²) >= 11 is 0. The molecule has 5 aromatic carbocycles. The lowest BCUT2D eigenvalue weighted by molar-refractivity contribution is -0.170. The standard InChI is InChI=1S/C54H57F3N5O8P/c1-36(2)62(37(3)4)71(68-30-16-27-58)67-29-15-7-6-14-28-59-50(64)41-21-24-44-47(31-41)53(70-51(44)65)45-25-22-42(60(38(5)63)34-39-17-10-8-11-18-39)32-48(45)69-49-33-43(23-26-46(49)53)61(52(66)54(55,56)57)35-40-19-12-9-13-20-40/h8-13,17-26,31-33,36-37H,6-7,14-16,28-30,34-35H2,1-5H3,(H,59,64). The number of alkyl halides is 3. The number of fused-ring (bicyclic) bond motifs is 6. The summed E-state index contributed by atoms with van der Waals surface area (Å²) in [5.74, 6) is -3.37. The molecule has 1 spiro atoms. The van der Waals surface area contributed by atoms with Crippen molar-refractivity contribution in [1.82, 2.24) is 9.99 Å². The van der Waals surface area contributed by atoms with E-state index in [1.807, 2.05) is 30.3 Å². The van der Waals surface area contributed by atoms with E-state index in [0.717, 1.165) is 24.8 Å². The zero-order chi connectivity index (χ0) is 50.9. The van der Waals surface area contributed by atoms with Crippen LogP contribution in [0.3, 0.4) is 0 Å². The first-order chi connectivity index (χ1) is 34.0. The van der Waals surface area contributed by atoms with Gasteiger partial charge in [0.25, 0.3) is 14.4 Å². The number of halogens is 3. The Balaban J connectivity index is 1.16. The lowest BCUT2D eigenvalue weighted by Gasteiger charge is -2.38. The number of esters is 1. The molecule has 13 nitrogen and oxygen atoms in total. The van der Waals surface area contributed by atoms with Crippen LogP contribution in [0.2, 0.25) is 0 Å². The van der Waals surface area contributed by atoms with E-state index in [0.29, 0.717) is 53.5 Å². The van der Waals surface area contributed by atoms with Gasteiger partial charge in [-0.1, -0.05) is 73.5 Å². The number of amides is 3. The molecule has 1 N–H and O–H groups in total. The fraction of sp³-hybridized carbons (Fsp3) is 0.352. The molecule has 0 bridgehead atoms. The zero-order valence-corrected chi connectivity index (χ0v) is 41.2. The molecule has 2 aliphatic rings. The van der Waals surface area contributed by atoms with E-state index in [-0.39, 0.29) is 64.8 Å². The molecular weight excluding hydrogens is 935 g/mol. The highest BCUT2D eigenvalue weighted by Crippen LogP contribution is 2.57. The maximum Gasteiger partial charge on any atom is 0.471 e. The second-order valence-electron chi connectivity index (χ2n) is 17.8. The number of carbonyl (C=O) groups is 4. The highest BCUT2D eigenvalue weighted by Gasteiger charge is 2.54. The SMILES string of the molecule is CC(=O)N(Cc1ccccc1)c1ccc2c(c1)Oc1cc(N(Cc3ccccc3)C(=O)C(F)(F)F)ccc1C21OC(=O)c2ccc(C(=O)NCCCCCCOP(OCCC#N)N(C(C)C)C(C)C)cc21. The molecule has 7 rings (SSSR count). The number of nitriles is 1. The molecule has 0 aromatic heterocycles. The second kappa shape index (κ2) is 23.1. The smallest absolute Gasteiger partial charge is 0.456 e. The minimum Gasteiger partial charge on any atom is -0.456 e. The van der Waals surface area contributed by atoms with Crippen molar-refractivity contribution in [3.8, 4) is 17.6 Å². The predicted molar refractivity (Wildman–Crippen MR) is 264 cm³/mol. The molecule has 0 saturated heterocycles. The van der Waals surface area contributed by atoms with Gasteiger partial charge in [-0.15, -0.1) is 0 Å². The van der Waals surface area contributed by atoms with E-state index in [1.54, 1.807) is 54.6 Å². The molecule has 2 heterocycles. The fourth-order valence-corrected chi connectivity index (χ4v) is 10.5. The van der Waals surface area contributed by atoms with E-state index in [4.69, 9.17) is 23.8 Å². The Morgan fingerprint density at radius 2 is 1.30 bits per heavy atom. The summed E-state index contributed by atoms with van der Waals surface area (Å²) in [6, 6.07) is 33.8. The number of ether oxygens (including phenoxy) is 2. The predicted octanol–water partition coefficient (Wildman–Crippen LogP) is 11.5. The molecule has 0 saturated carbocycles. The first-order valence-electron chi connectivity index (χ1n) is 23.6. The Hall–Kier alpha value is -6.63. The average Bonchev–Trinajstić information content (AvgIpc) is 3.63. The molecule has 71 heavy (non-hydrogen) atoms. The molecule has 2 atom stereocenters. The van der Waals surface area contributed by atoms with Gasteiger partial charge in [0.05, 0.1) is 44.4 Å². The van der Waals surface area contributed by atoms with Crippen molar-refractivity contribution in [1.29, 1.82) is 5.26 Å². The van der Waals surface area contributed by atoms with Gasteiger partial charge in [-0.2, -0.15) is 18.4 Å². The van der Waals surface area contributed by atoms with Gasteiger partial charge in [0.2, 0.25) is 5.91 Å². The minimum atomic E-state index is -5.22. The summed E-state index contributed by atoms with van der Waals surface area (Å²) in [4.78, 5) is 56.2. The fourth-order valence-electron chi connectivity index (χ4n) is 8.87. The molecule has 3 amide bonds. The Bertz CT molecular complexity index is 2750. The Labute approximate surface area is 413 Å². The van der Waals surface area contributed by atoms with Crippen LogP contribution in [0.15, 0.2) is 115 Å². The van der Waals surface area contributed by atoms with Gasteiger partial charge in [0.15, 0.2) is 5.60 Å². The van der Waals surface area contributed by atoms with E-state index in [1.165, 1.54) is 42.2 Å². The van der Waals surface area contributed by atoms with Gasteiger partial charge in [-0.05, 0) is 94.1 Å². The number of carbonyl (C=O) groups excluding carboxylic acids is 4. The second-order valence-corrected chi connectivity index (χ2v) is 19.3. The highest BCUT2D eigenvalue weighted by molar-refractivity contribution is 7.44. The van der Waals surface area contributed by atoms with E-state index >= 15 is 0 Å².